The van der Waals surface area contributed by atoms with E-state index in [1.165, 1.54) is 0 Å². The molecule has 2 aromatic rings. The molecule has 4 rings (SSSR count). The van der Waals surface area contributed by atoms with Gasteiger partial charge in [0.1, 0.15) is 21.0 Å². The van der Waals surface area contributed by atoms with Gasteiger partial charge in [-0.25, -0.2) is 13.4 Å². The SMILES string of the molecule is O=C(c1cc2cccnc2[nH]c1=O)N1CCN(C2CCS(=O)(=O)CC2)CC1. The van der Waals surface area contributed by atoms with Crippen molar-refractivity contribution in [3.05, 3.63) is 40.3 Å². The number of H-pyrrole nitrogens is 1. The Balaban J connectivity index is 1.43. The molecule has 2 fully saturated rings. The molecular formula is C18H22N4O4S. The van der Waals surface area contributed by atoms with Crippen LogP contribution in [0, 0.1) is 0 Å². The topological polar surface area (TPSA) is 103 Å². The molecule has 0 bridgehead atoms. The standard InChI is InChI=1S/C18H22N4O4S/c23-17-15(12-13-2-1-5-19-16(13)20-17)18(24)22-8-6-21(7-9-22)14-3-10-27(25,26)11-4-14/h1-2,5,12,14H,3-4,6-11H2,(H,19,20,23). The minimum Gasteiger partial charge on any atom is -0.336 e. The first-order valence-corrected chi connectivity index (χ1v) is 11.0. The van der Waals surface area contributed by atoms with E-state index < -0.39 is 15.4 Å². The van der Waals surface area contributed by atoms with Crippen LogP contribution in [0.25, 0.3) is 11.0 Å². The van der Waals surface area contributed by atoms with E-state index in [0.717, 1.165) is 5.39 Å². The molecule has 2 saturated heterocycles. The Morgan fingerprint density at radius 1 is 1.15 bits per heavy atom. The molecule has 0 unspecified atom stereocenters. The monoisotopic (exact) mass is 390 g/mol. The third-order valence-corrected chi connectivity index (χ3v) is 7.20. The van der Waals surface area contributed by atoms with Crippen LogP contribution in [-0.2, 0) is 9.84 Å². The highest BCUT2D eigenvalue weighted by Crippen LogP contribution is 2.20. The number of fused-ring (bicyclic) bond motifs is 1. The summed E-state index contributed by atoms with van der Waals surface area (Å²) in [6, 6.07) is 5.44. The van der Waals surface area contributed by atoms with E-state index in [2.05, 4.69) is 14.9 Å². The Kier molecular flexibility index (Phi) is 4.73. The van der Waals surface area contributed by atoms with Gasteiger partial charge >= 0.3 is 0 Å². The molecule has 0 saturated carbocycles. The predicted octanol–water partition coefficient (Wildman–Crippen LogP) is 0.258. The molecular weight excluding hydrogens is 368 g/mol. The maximum atomic E-state index is 12.8. The van der Waals surface area contributed by atoms with Crippen LogP contribution in [0.3, 0.4) is 0 Å². The van der Waals surface area contributed by atoms with Gasteiger partial charge in [-0.15, -0.1) is 0 Å². The Morgan fingerprint density at radius 3 is 2.56 bits per heavy atom. The molecule has 0 spiro atoms. The largest absolute Gasteiger partial charge is 0.336 e. The van der Waals surface area contributed by atoms with Gasteiger partial charge < -0.3 is 9.88 Å². The molecule has 2 aliphatic rings. The third-order valence-electron chi connectivity index (χ3n) is 5.49. The summed E-state index contributed by atoms with van der Waals surface area (Å²) in [4.78, 5) is 35.8. The molecule has 0 aromatic carbocycles. The lowest BCUT2D eigenvalue weighted by Crippen LogP contribution is -2.53. The number of carbonyl (C=O) groups excluding carboxylic acids is 1. The third kappa shape index (κ3) is 3.74. The summed E-state index contributed by atoms with van der Waals surface area (Å²) in [5, 5.41) is 0.725. The maximum absolute atomic E-state index is 12.8. The van der Waals surface area contributed by atoms with Crippen LogP contribution in [0.2, 0.25) is 0 Å². The number of carbonyl (C=O) groups is 1. The Labute approximate surface area is 157 Å². The fraction of sp³-hybridized carbons (Fsp3) is 0.500. The highest BCUT2D eigenvalue weighted by Gasteiger charge is 2.31. The van der Waals surface area contributed by atoms with Gasteiger partial charge in [-0.2, -0.15) is 0 Å². The van der Waals surface area contributed by atoms with Crippen molar-refractivity contribution >= 4 is 26.8 Å². The summed E-state index contributed by atoms with van der Waals surface area (Å²) in [6.45, 7) is 2.46. The molecule has 0 aliphatic carbocycles. The van der Waals surface area contributed by atoms with Crippen LogP contribution in [0.4, 0.5) is 0 Å². The van der Waals surface area contributed by atoms with E-state index >= 15 is 0 Å². The molecule has 1 N–H and O–H groups in total. The normalized spacial score (nSPS) is 21.4. The van der Waals surface area contributed by atoms with Crippen molar-refractivity contribution < 1.29 is 13.2 Å². The second kappa shape index (κ2) is 7.05. The minimum absolute atomic E-state index is 0.132. The Bertz CT molecular complexity index is 1010. The second-order valence-electron chi connectivity index (χ2n) is 7.16. The molecule has 144 valence electrons. The number of sulfone groups is 1. The van der Waals surface area contributed by atoms with E-state index in [4.69, 9.17) is 0 Å². The van der Waals surface area contributed by atoms with E-state index in [1.807, 2.05) is 6.07 Å². The van der Waals surface area contributed by atoms with Crippen molar-refractivity contribution in [2.24, 2.45) is 0 Å². The summed E-state index contributed by atoms with van der Waals surface area (Å²) in [7, 11) is -2.87. The molecule has 1 amide bonds. The van der Waals surface area contributed by atoms with Gasteiger partial charge in [-0.05, 0) is 31.0 Å². The summed E-state index contributed by atoms with van der Waals surface area (Å²) in [5.74, 6) is 0.224. The highest BCUT2D eigenvalue weighted by atomic mass is 32.2. The molecule has 8 nitrogen and oxygen atoms in total. The fourth-order valence-electron chi connectivity index (χ4n) is 3.90. The average Bonchev–Trinajstić information content (AvgIpc) is 2.67. The second-order valence-corrected chi connectivity index (χ2v) is 9.47. The zero-order valence-corrected chi connectivity index (χ0v) is 15.7. The van der Waals surface area contributed by atoms with Gasteiger partial charge in [-0.1, -0.05) is 0 Å². The number of rotatable bonds is 2. The van der Waals surface area contributed by atoms with E-state index in [1.54, 1.807) is 23.2 Å². The van der Waals surface area contributed by atoms with Crippen molar-refractivity contribution in [1.82, 2.24) is 19.8 Å². The van der Waals surface area contributed by atoms with Crippen molar-refractivity contribution in [2.75, 3.05) is 37.7 Å². The van der Waals surface area contributed by atoms with Crippen LogP contribution in [0.1, 0.15) is 23.2 Å². The van der Waals surface area contributed by atoms with Gasteiger partial charge in [0.25, 0.3) is 11.5 Å². The smallest absolute Gasteiger partial charge is 0.262 e. The number of aromatic nitrogens is 2. The molecule has 0 atom stereocenters. The molecule has 2 aliphatic heterocycles. The number of pyridine rings is 2. The molecule has 27 heavy (non-hydrogen) atoms. The summed E-state index contributed by atoms with van der Waals surface area (Å²) < 4.78 is 23.2. The predicted molar refractivity (Wildman–Crippen MR) is 102 cm³/mol. The zero-order valence-electron chi connectivity index (χ0n) is 14.9. The maximum Gasteiger partial charge on any atom is 0.262 e. The lowest BCUT2D eigenvalue weighted by atomic mass is 10.1. The zero-order chi connectivity index (χ0) is 19.0. The number of nitrogens with zero attached hydrogens (tertiary/aromatic N) is 3. The van der Waals surface area contributed by atoms with Crippen LogP contribution in [0.15, 0.2) is 29.2 Å². The first-order chi connectivity index (χ1) is 12.9. The highest BCUT2D eigenvalue weighted by molar-refractivity contribution is 7.91. The van der Waals surface area contributed by atoms with Crippen molar-refractivity contribution in [2.45, 2.75) is 18.9 Å². The average molecular weight is 390 g/mol. The number of hydrogen-bond acceptors (Lipinski definition) is 6. The molecule has 2 aromatic heterocycles. The number of hydrogen-bond donors (Lipinski definition) is 1. The van der Waals surface area contributed by atoms with Crippen LogP contribution in [0.5, 0.6) is 0 Å². The van der Waals surface area contributed by atoms with E-state index in [-0.39, 0.29) is 29.0 Å². The van der Waals surface area contributed by atoms with E-state index in [0.29, 0.717) is 44.7 Å². The lowest BCUT2D eigenvalue weighted by Gasteiger charge is -2.40. The fourth-order valence-corrected chi connectivity index (χ4v) is 5.36. The van der Waals surface area contributed by atoms with Crippen molar-refractivity contribution in [3.8, 4) is 0 Å². The molecule has 0 radical (unpaired) electrons. The van der Waals surface area contributed by atoms with Gasteiger partial charge in [0.15, 0.2) is 0 Å². The van der Waals surface area contributed by atoms with Gasteiger partial charge in [0.05, 0.1) is 11.5 Å². The quantitative estimate of drug-likeness (QED) is 0.789. The number of amides is 1. The molecule has 4 heterocycles. The van der Waals surface area contributed by atoms with Crippen LogP contribution < -0.4 is 5.56 Å². The Morgan fingerprint density at radius 2 is 1.85 bits per heavy atom. The lowest BCUT2D eigenvalue weighted by molar-refractivity contribution is 0.0556. The van der Waals surface area contributed by atoms with Crippen LogP contribution in [-0.4, -0.2) is 77.8 Å². The minimum atomic E-state index is -2.87. The molecule has 9 heteroatoms. The Hall–Kier alpha value is -2.26. The van der Waals surface area contributed by atoms with Crippen molar-refractivity contribution in [1.29, 1.82) is 0 Å². The summed E-state index contributed by atoms with van der Waals surface area (Å²) in [6.07, 6.45) is 2.91. The van der Waals surface area contributed by atoms with Crippen LogP contribution >= 0.6 is 0 Å². The van der Waals surface area contributed by atoms with Gasteiger partial charge in [0.2, 0.25) is 0 Å². The summed E-state index contributed by atoms with van der Waals surface area (Å²) in [5.41, 5.74) is 0.176. The number of piperazine rings is 1. The van der Waals surface area contributed by atoms with Gasteiger partial charge in [-0.3, -0.25) is 14.5 Å². The number of nitrogens with one attached hydrogen (secondary N) is 1. The van der Waals surface area contributed by atoms with Crippen molar-refractivity contribution in [3.63, 3.8) is 0 Å². The number of aromatic amines is 1. The summed E-state index contributed by atoms with van der Waals surface area (Å²) >= 11 is 0. The van der Waals surface area contributed by atoms with Gasteiger partial charge in [0, 0.05) is 43.8 Å². The first kappa shape index (κ1) is 18.1. The first-order valence-electron chi connectivity index (χ1n) is 9.15. The van der Waals surface area contributed by atoms with E-state index in [9.17, 15) is 18.0 Å².